The lowest BCUT2D eigenvalue weighted by molar-refractivity contribution is 0.165. The zero-order valence-corrected chi connectivity index (χ0v) is 13.1. The Kier molecular flexibility index (Phi) is 6.86. The standard InChI is InChI=1S/C17H31N3/c1-3-5-11-20-14-8-17(9-15-20)18-16-6-12-19(10-4-2)13-7-16/h2,16-18H,3,5-15H2,1H3. The quantitative estimate of drug-likeness (QED) is 0.749. The van der Waals surface area contributed by atoms with Gasteiger partial charge in [0.2, 0.25) is 0 Å². The first-order chi connectivity index (χ1) is 9.81. The van der Waals surface area contributed by atoms with Crippen molar-refractivity contribution in [2.45, 2.75) is 57.5 Å². The van der Waals surface area contributed by atoms with Crippen LogP contribution in [0.15, 0.2) is 0 Å². The van der Waals surface area contributed by atoms with E-state index in [4.69, 9.17) is 6.42 Å². The summed E-state index contributed by atoms with van der Waals surface area (Å²) >= 11 is 0. The van der Waals surface area contributed by atoms with Crippen LogP contribution in [0.4, 0.5) is 0 Å². The number of nitrogens with zero attached hydrogens (tertiary/aromatic N) is 2. The lowest BCUT2D eigenvalue weighted by Gasteiger charge is -2.37. The molecule has 0 unspecified atom stereocenters. The van der Waals surface area contributed by atoms with E-state index in [1.54, 1.807) is 0 Å². The Labute approximate surface area is 125 Å². The van der Waals surface area contributed by atoms with Gasteiger partial charge in [0.25, 0.3) is 0 Å². The van der Waals surface area contributed by atoms with Gasteiger partial charge in [-0.15, -0.1) is 6.42 Å². The molecule has 3 nitrogen and oxygen atoms in total. The number of terminal acetylenes is 1. The van der Waals surface area contributed by atoms with Crippen molar-refractivity contribution in [1.29, 1.82) is 0 Å². The fourth-order valence-electron chi connectivity index (χ4n) is 3.43. The van der Waals surface area contributed by atoms with Crippen LogP contribution in [0.1, 0.15) is 45.4 Å². The van der Waals surface area contributed by atoms with Crippen LogP contribution >= 0.6 is 0 Å². The zero-order valence-electron chi connectivity index (χ0n) is 13.1. The van der Waals surface area contributed by atoms with Crippen LogP contribution in [0, 0.1) is 12.3 Å². The Hall–Kier alpha value is -0.560. The van der Waals surface area contributed by atoms with E-state index >= 15 is 0 Å². The second-order valence-corrected chi connectivity index (χ2v) is 6.39. The molecule has 2 aliphatic heterocycles. The Morgan fingerprint density at radius 3 is 2.05 bits per heavy atom. The van der Waals surface area contributed by atoms with Crippen molar-refractivity contribution < 1.29 is 0 Å². The summed E-state index contributed by atoms with van der Waals surface area (Å²) in [5.74, 6) is 2.76. The van der Waals surface area contributed by atoms with Gasteiger partial charge in [0.05, 0.1) is 6.54 Å². The summed E-state index contributed by atoms with van der Waals surface area (Å²) in [5, 5.41) is 3.89. The van der Waals surface area contributed by atoms with E-state index in [0.717, 1.165) is 31.7 Å². The van der Waals surface area contributed by atoms with Crippen molar-refractivity contribution in [3.05, 3.63) is 0 Å². The zero-order chi connectivity index (χ0) is 14.2. The average Bonchev–Trinajstić information content (AvgIpc) is 2.49. The van der Waals surface area contributed by atoms with Crippen LogP contribution in [0.2, 0.25) is 0 Å². The predicted molar refractivity (Wildman–Crippen MR) is 85.8 cm³/mol. The molecule has 3 heteroatoms. The molecule has 0 saturated carbocycles. The third-order valence-electron chi connectivity index (χ3n) is 4.79. The SMILES string of the molecule is C#CCN1CCC(NC2CCN(CCCC)CC2)CC1. The Morgan fingerprint density at radius 1 is 1.00 bits per heavy atom. The second kappa shape index (κ2) is 8.67. The molecule has 2 aliphatic rings. The molecule has 0 aromatic rings. The monoisotopic (exact) mass is 277 g/mol. The molecule has 0 radical (unpaired) electrons. The third-order valence-corrected chi connectivity index (χ3v) is 4.79. The van der Waals surface area contributed by atoms with E-state index in [2.05, 4.69) is 28.0 Å². The summed E-state index contributed by atoms with van der Waals surface area (Å²) in [7, 11) is 0. The van der Waals surface area contributed by atoms with E-state index in [0.29, 0.717) is 0 Å². The fourth-order valence-corrected chi connectivity index (χ4v) is 3.43. The van der Waals surface area contributed by atoms with Gasteiger partial charge in [0.15, 0.2) is 0 Å². The van der Waals surface area contributed by atoms with Crippen LogP contribution < -0.4 is 5.32 Å². The number of hydrogen-bond donors (Lipinski definition) is 1. The largest absolute Gasteiger partial charge is 0.311 e. The van der Waals surface area contributed by atoms with Crippen LogP contribution in [-0.4, -0.2) is 61.2 Å². The first-order valence-electron chi connectivity index (χ1n) is 8.46. The van der Waals surface area contributed by atoms with E-state index in [1.807, 2.05) is 0 Å². The predicted octanol–water partition coefficient (Wildman–Crippen LogP) is 1.94. The molecule has 2 fully saturated rings. The van der Waals surface area contributed by atoms with Crippen molar-refractivity contribution in [2.75, 3.05) is 39.3 Å². The van der Waals surface area contributed by atoms with Gasteiger partial charge in [-0.25, -0.2) is 0 Å². The number of rotatable bonds is 6. The maximum atomic E-state index is 5.38. The van der Waals surface area contributed by atoms with E-state index < -0.39 is 0 Å². The first kappa shape index (κ1) is 15.8. The van der Waals surface area contributed by atoms with E-state index in [1.165, 1.54) is 58.2 Å². The first-order valence-corrected chi connectivity index (χ1v) is 8.46. The van der Waals surface area contributed by atoms with Crippen LogP contribution in [0.3, 0.4) is 0 Å². The topological polar surface area (TPSA) is 18.5 Å². The molecular weight excluding hydrogens is 246 g/mol. The average molecular weight is 277 g/mol. The van der Waals surface area contributed by atoms with Gasteiger partial charge in [0, 0.05) is 25.2 Å². The highest BCUT2D eigenvalue weighted by Crippen LogP contribution is 2.16. The van der Waals surface area contributed by atoms with Gasteiger partial charge >= 0.3 is 0 Å². The van der Waals surface area contributed by atoms with Gasteiger partial charge in [-0.3, -0.25) is 4.90 Å². The molecule has 20 heavy (non-hydrogen) atoms. The molecule has 0 atom stereocenters. The molecule has 114 valence electrons. The highest BCUT2D eigenvalue weighted by Gasteiger charge is 2.24. The molecule has 1 N–H and O–H groups in total. The molecule has 0 spiro atoms. The maximum absolute atomic E-state index is 5.38. The van der Waals surface area contributed by atoms with Crippen LogP contribution in [0.5, 0.6) is 0 Å². The molecule has 0 amide bonds. The summed E-state index contributed by atoms with van der Waals surface area (Å²) in [6.07, 6.45) is 13.2. The number of likely N-dealkylation sites (tertiary alicyclic amines) is 2. The molecule has 2 heterocycles. The van der Waals surface area contributed by atoms with Gasteiger partial charge < -0.3 is 10.2 Å². The summed E-state index contributed by atoms with van der Waals surface area (Å²) in [4.78, 5) is 5.03. The highest BCUT2D eigenvalue weighted by atomic mass is 15.2. The Morgan fingerprint density at radius 2 is 1.55 bits per heavy atom. The number of nitrogens with one attached hydrogen (secondary N) is 1. The molecule has 0 aromatic heterocycles. The summed E-state index contributed by atoms with van der Waals surface area (Å²) in [6, 6.07) is 1.47. The molecular formula is C17H31N3. The van der Waals surface area contributed by atoms with Gasteiger partial charge in [-0.1, -0.05) is 19.3 Å². The third kappa shape index (κ3) is 5.09. The highest BCUT2D eigenvalue weighted by molar-refractivity contribution is 4.91. The molecule has 0 aliphatic carbocycles. The summed E-state index contributed by atoms with van der Waals surface area (Å²) in [6.45, 7) is 9.30. The smallest absolute Gasteiger partial charge is 0.0598 e. The van der Waals surface area contributed by atoms with E-state index in [-0.39, 0.29) is 0 Å². The minimum absolute atomic E-state index is 0.719. The van der Waals surface area contributed by atoms with Gasteiger partial charge in [0.1, 0.15) is 0 Å². The molecule has 2 rings (SSSR count). The van der Waals surface area contributed by atoms with Gasteiger partial charge in [-0.2, -0.15) is 0 Å². The lowest BCUT2D eigenvalue weighted by Crippen LogP contribution is -2.49. The van der Waals surface area contributed by atoms with Crippen molar-refractivity contribution in [3.63, 3.8) is 0 Å². The number of hydrogen-bond acceptors (Lipinski definition) is 3. The van der Waals surface area contributed by atoms with Crippen molar-refractivity contribution in [2.24, 2.45) is 0 Å². The summed E-state index contributed by atoms with van der Waals surface area (Å²) < 4.78 is 0. The van der Waals surface area contributed by atoms with Crippen molar-refractivity contribution in [1.82, 2.24) is 15.1 Å². The summed E-state index contributed by atoms with van der Waals surface area (Å²) in [5.41, 5.74) is 0. The Balaban J connectivity index is 1.60. The second-order valence-electron chi connectivity index (χ2n) is 6.39. The van der Waals surface area contributed by atoms with E-state index in [9.17, 15) is 0 Å². The van der Waals surface area contributed by atoms with Crippen molar-refractivity contribution in [3.8, 4) is 12.3 Å². The lowest BCUT2D eigenvalue weighted by atomic mass is 9.99. The minimum atomic E-state index is 0.719. The van der Waals surface area contributed by atoms with Gasteiger partial charge in [-0.05, 0) is 51.7 Å². The Bertz CT molecular complexity index is 294. The molecule has 2 saturated heterocycles. The molecule has 0 aromatic carbocycles. The normalized spacial score (nSPS) is 23.8. The van der Waals surface area contributed by atoms with Crippen molar-refractivity contribution >= 4 is 0 Å². The molecule has 0 bridgehead atoms. The van der Waals surface area contributed by atoms with Crippen LogP contribution in [0.25, 0.3) is 0 Å². The maximum Gasteiger partial charge on any atom is 0.0598 e. The minimum Gasteiger partial charge on any atom is -0.311 e. The van der Waals surface area contributed by atoms with Crippen LogP contribution in [-0.2, 0) is 0 Å². The number of piperidine rings is 2. The fraction of sp³-hybridized carbons (Fsp3) is 0.882. The number of unbranched alkanes of at least 4 members (excludes halogenated alkanes) is 1.